The molecule has 0 spiro atoms. The summed E-state index contributed by atoms with van der Waals surface area (Å²) in [4.78, 5) is 1.95. The molecule has 0 amide bonds. The lowest BCUT2D eigenvalue weighted by Gasteiger charge is -2.19. The number of halogens is 2. The van der Waals surface area contributed by atoms with Crippen molar-refractivity contribution in [3.8, 4) is 5.75 Å². The first-order valence-electron chi connectivity index (χ1n) is 6.15. The van der Waals surface area contributed by atoms with Gasteiger partial charge in [0, 0.05) is 31.2 Å². The molecule has 2 aromatic carbocycles. The Hall–Kier alpha value is -1.94. The Morgan fingerprint density at radius 3 is 2.65 bits per heavy atom. The van der Waals surface area contributed by atoms with E-state index in [2.05, 4.69) is 5.32 Å². The molecule has 0 aromatic heterocycles. The second-order valence-electron chi connectivity index (χ2n) is 4.68. The van der Waals surface area contributed by atoms with Crippen molar-refractivity contribution in [1.82, 2.24) is 0 Å². The summed E-state index contributed by atoms with van der Waals surface area (Å²) in [5.74, 6) is -0.314. The second-order valence-corrected chi connectivity index (χ2v) is 5.12. The highest BCUT2D eigenvalue weighted by Gasteiger charge is 2.07. The molecule has 5 heteroatoms. The number of hydrogen-bond donors (Lipinski definition) is 2. The van der Waals surface area contributed by atoms with Crippen molar-refractivity contribution in [1.29, 1.82) is 0 Å². The summed E-state index contributed by atoms with van der Waals surface area (Å²) in [6.07, 6.45) is 0. The summed E-state index contributed by atoms with van der Waals surface area (Å²) in [6, 6.07) is 9.38. The second kappa shape index (κ2) is 6.01. The van der Waals surface area contributed by atoms with E-state index >= 15 is 0 Å². The van der Waals surface area contributed by atoms with E-state index in [9.17, 15) is 9.50 Å². The van der Waals surface area contributed by atoms with Crippen LogP contribution in [0.25, 0.3) is 0 Å². The average molecular weight is 295 g/mol. The largest absolute Gasteiger partial charge is 0.508 e. The molecule has 2 N–H and O–H groups in total. The highest BCUT2D eigenvalue weighted by atomic mass is 35.5. The minimum atomic E-state index is -0.376. The van der Waals surface area contributed by atoms with Gasteiger partial charge in [0.2, 0.25) is 0 Å². The molecule has 0 saturated heterocycles. The summed E-state index contributed by atoms with van der Waals surface area (Å²) < 4.78 is 13.2. The van der Waals surface area contributed by atoms with Gasteiger partial charge in [-0.15, -0.1) is 0 Å². The summed E-state index contributed by atoms with van der Waals surface area (Å²) in [5, 5.41) is 13.5. The van der Waals surface area contributed by atoms with Gasteiger partial charge in [-0.2, -0.15) is 0 Å². The van der Waals surface area contributed by atoms with E-state index in [0.29, 0.717) is 17.1 Å². The number of rotatable bonds is 4. The molecule has 0 fully saturated rings. The Kier molecular flexibility index (Phi) is 4.35. The Morgan fingerprint density at radius 1 is 1.20 bits per heavy atom. The predicted octanol–water partition coefficient (Wildman–Crippen LogP) is 3.86. The lowest BCUT2D eigenvalue weighted by Crippen LogP contribution is -2.12. The molecule has 0 saturated carbocycles. The van der Waals surface area contributed by atoms with Crippen molar-refractivity contribution in [3.05, 3.63) is 52.8 Å². The normalized spacial score (nSPS) is 10.4. The van der Waals surface area contributed by atoms with E-state index in [4.69, 9.17) is 11.6 Å². The first-order chi connectivity index (χ1) is 9.47. The first kappa shape index (κ1) is 14.5. The van der Waals surface area contributed by atoms with Crippen LogP contribution in [0.5, 0.6) is 5.75 Å². The number of anilines is 2. The number of phenolic OH excluding ortho intramolecular Hbond substituents is 1. The van der Waals surface area contributed by atoms with E-state index in [1.807, 2.05) is 31.1 Å². The van der Waals surface area contributed by atoms with Crippen LogP contribution in [0.15, 0.2) is 36.4 Å². The van der Waals surface area contributed by atoms with Crippen LogP contribution < -0.4 is 10.2 Å². The third-order valence-electron chi connectivity index (χ3n) is 2.95. The monoisotopic (exact) mass is 294 g/mol. The SMILES string of the molecule is CN(C)c1ccc(Cl)cc1NCc1cc(F)ccc1O. The van der Waals surface area contributed by atoms with E-state index in [1.165, 1.54) is 18.2 Å². The van der Waals surface area contributed by atoms with Crippen molar-refractivity contribution in [2.75, 3.05) is 24.3 Å². The highest BCUT2D eigenvalue weighted by Crippen LogP contribution is 2.29. The number of nitrogens with zero attached hydrogens (tertiary/aromatic N) is 1. The van der Waals surface area contributed by atoms with Gasteiger partial charge < -0.3 is 15.3 Å². The van der Waals surface area contributed by atoms with Gasteiger partial charge in [0.15, 0.2) is 0 Å². The quantitative estimate of drug-likeness (QED) is 0.899. The minimum Gasteiger partial charge on any atom is -0.508 e. The molecule has 2 aromatic rings. The molecule has 0 heterocycles. The van der Waals surface area contributed by atoms with Crippen LogP contribution in [-0.2, 0) is 6.54 Å². The molecule has 0 bridgehead atoms. The van der Waals surface area contributed by atoms with Gasteiger partial charge >= 0.3 is 0 Å². The van der Waals surface area contributed by atoms with Crippen molar-refractivity contribution >= 4 is 23.0 Å². The predicted molar refractivity (Wildman–Crippen MR) is 81.2 cm³/mol. The average Bonchev–Trinajstić information content (AvgIpc) is 2.39. The Labute approximate surface area is 122 Å². The van der Waals surface area contributed by atoms with Crippen LogP contribution in [0, 0.1) is 5.82 Å². The van der Waals surface area contributed by atoms with Crippen LogP contribution >= 0.6 is 11.6 Å². The zero-order valence-electron chi connectivity index (χ0n) is 11.3. The van der Waals surface area contributed by atoms with Gasteiger partial charge in [0.05, 0.1) is 11.4 Å². The zero-order valence-corrected chi connectivity index (χ0v) is 12.1. The molecular formula is C15H16ClFN2O. The molecule has 106 valence electrons. The summed E-state index contributed by atoms with van der Waals surface area (Å²) in [5.41, 5.74) is 2.28. The third kappa shape index (κ3) is 3.33. The fourth-order valence-corrected chi connectivity index (χ4v) is 2.10. The Morgan fingerprint density at radius 2 is 1.95 bits per heavy atom. The van der Waals surface area contributed by atoms with Gasteiger partial charge in [-0.1, -0.05) is 11.6 Å². The lowest BCUT2D eigenvalue weighted by atomic mass is 10.2. The highest BCUT2D eigenvalue weighted by molar-refractivity contribution is 6.31. The fraction of sp³-hybridized carbons (Fsp3) is 0.200. The maximum absolute atomic E-state index is 13.2. The van der Waals surface area contributed by atoms with Crippen molar-refractivity contribution in [2.24, 2.45) is 0 Å². The zero-order chi connectivity index (χ0) is 14.7. The molecule has 0 unspecified atom stereocenters. The van der Waals surface area contributed by atoms with E-state index in [0.717, 1.165) is 11.4 Å². The molecule has 0 aliphatic carbocycles. The van der Waals surface area contributed by atoms with Gasteiger partial charge in [-0.05, 0) is 36.4 Å². The summed E-state index contributed by atoms with van der Waals surface area (Å²) >= 11 is 5.99. The fourth-order valence-electron chi connectivity index (χ4n) is 1.93. The number of nitrogens with one attached hydrogen (secondary N) is 1. The minimum absolute atomic E-state index is 0.0623. The molecule has 0 aliphatic heterocycles. The number of hydrogen-bond acceptors (Lipinski definition) is 3. The van der Waals surface area contributed by atoms with E-state index in [-0.39, 0.29) is 11.6 Å². The molecule has 0 radical (unpaired) electrons. The maximum Gasteiger partial charge on any atom is 0.123 e. The number of phenols is 1. The molecular weight excluding hydrogens is 279 g/mol. The van der Waals surface area contributed by atoms with E-state index in [1.54, 1.807) is 6.07 Å². The summed E-state index contributed by atoms with van der Waals surface area (Å²) in [7, 11) is 3.85. The van der Waals surface area contributed by atoms with Gasteiger partial charge in [0.25, 0.3) is 0 Å². The van der Waals surface area contributed by atoms with Crippen LogP contribution in [-0.4, -0.2) is 19.2 Å². The molecule has 0 atom stereocenters. The summed E-state index contributed by atoms with van der Waals surface area (Å²) in [6.45, 7) is 0.310. The smallest absolute Gasteiger partial charge is 0.123 e. The van der Waals surface area contributed by atoms with Crippen LogP contribution in [0.3, 0.4) is 0 Å². The number of aromatic hydroxyl groups is 1. The van der Waals surface area contributed by atoms with Crippen molar-refractivity contribution in [3.63, 3.8) is 0 Å². The Balaban J connectivity index is 2.22. The van der Waals surface area contributed by atoms with Crippen molar-refractivity contribution in [2.45, 2.75) is 6.54 Å². The molecule has 2 rings (SSSR count). The first-order valence-corrected chi connectivity index (χ1v) is 6.53. The van der Waals surface area contributed by atoms with Crippen molar-refractivity contribution < 1.29 is 9.50 Å². The van der Waals surface area contributed by atoms with E-state index < -0.39 is 0 Å². The van der Waals surface area contributed by atoms with Crippen LogP contribution in [0.1, 0.15) is 5.56 Å². The number of benzene rings is 2. The van der Waals surface area contributed by atoms with Crippen LogP contribution in [0.4, 0.5) is 15.8 Å². The van der Waals surface area contributed by atoms with Crippen LogP contribution in [0.2, 0.25) is 5.02 Å². The molecule has 20 heavy (non-hydrogen) atoms. The standard InChI is InChI=1S/C15H16ClFN2O/c1-19(2)14-5-3-11(16)8-13(14)18-9-10-7-12(17)4-6-15(10)20/h3-8,18,20H,9H2,1-2H3. The third-order valence-corrected chi connectivity index (χ3v) is 3.19. The molecule has 0 aliphatic rings. The van der Waals surface area contributed by atoms with Gasteiger partial charge in [-0.25, -0.2) is 4.39 Å². The lowest BCUT2D eigenvalue weighted by molar-refractivity contribution is 0.466. The van der Waals surface area contributed by atoms with Gasteiger partial charge in [-0.3, -0.25) is 0 Å². The van der Waals surface area contributed by atoms with Gasteiger partial charge in [0.1, 0.15) is 11.6 Å². The molecule has 3 nitrogen and oxygen atoms in total. The Bertz CT molecular complexity index is 617. The topological polar surface area (TPSA) is 35.5 Å². The maximum atomic E-state index is 13.2.